The molecule has 27 heavy (non-hydrogen) atoms. The highest BCUT2D eigenvalue weighted by molar-refractivity contribution is 6.32. The zero-order valence-corrected chi connectivity index (χ0v) is 14.8. The summed E-state index contributed by atoms with van der Waals surface area (Å²) in [6, 6.07) is 18.9. The Morgan fingerprint density at radius 1 is 0.963 bits per heavy atom. The fourth-order valence-electron chi connectivity index (χ4n) is 2.21. The molecule has 6 nitrogen and oxygen atoms in total. The molecule has 0 aliphatic rings. The maximum Gasteiger partial charge on any atom is 0.342 e. The Kier molecular flexibility index (Phi) is 6.02. The Balaban J connectivity index is 1.63. The number of nitrogens with zero attached hydrogens (tertiary/aromatic N) is 1. The SMILES string of the molecule is O=C(COC(=O)c1ccccc1Oc1ccccc1)Nc1cccnc1Cl. The first-order chi connectivity index (χ1) is 13.1. The second-order valence-corrected chi connectivity index (χ2v) is 5.74. The first-order valence-corrected chi connectivity index (χ1v) is 8.40. The lowest BCUT2D eigenvalue weighted by Gasteiger charge is -2.11. The summed E-state index contributed by atoms with van der Waals surface area (Å²) >= 11 is 5.87. The number of carbonyl (C=O) groups excluding carboxylic acids is 2. The molecule has 0 aliphatic carbocycles. The topological polar surface area (TPSA) is 77.5 Å². The average Bonchev–Trinajstić information content (AvgIpc) is 2.69. The molecule has 136 valence electrons. The van der Waals surface area contributed by atoms with Gasteiger partial charge >= 0.3 is 5.97 Å². The zero-order valence-electron chi connectivity index (χ0n) is 14.1. The van der Waals surface area contributed by atoms with E-state index >= 15 is 0 Å². The van der Waals surface area contributed by atoms with Crippen LogP contribution in [0.5, 0.6) is 11.5 Å². The standard InChI is InChI=1S/C20H15ClN2O4/c21-19-16(10-6-12-22-19)23-18(24)13-26-20(25)15-9-4-5-11-17(15)27-14-7-2-1-3-8-14/h1-12H,13H2,(H,23,24). The number of hydrogen-bond acceptors (Lipinski definition) is 5. The molecule has 0 aliphatic heterocycles. The minimum atomic E-state index is -0.672. The zero-order chi connectivity index (χ0) is 19.1. The van der Waals surface area contributed by atoms with E-state index in [2.05, 4.69) is 10.3 Å². The first-order valence-electron chi connectivity index (χ1n) is 8.03. The van der Waals surface area contributed by atoms with Crippen LogP contribution in [0.4, 0.5) is 5.69 Å². The third-order valence-electron chi connectivity index (χ3n) is 3.45. The van der Waals surface area contributed by atoms with E-state index in [9.17, 15) is 9.59 Å². The Labute approximate surface area is 160 Å². The van der Waals surface area contributed by atoms with E-state index in [1.807, 2.05) is 18.2 Å². The highest BCUT2D eigenvalue weighted by Gasteiger charge is 2.16. The number of amides is 1. The summed E-state index contributed by atoms with van der Waals surface area (Å²) in [4.78, 5) is 28.2. The second kappa shape index (κ2) is 8.82. The first kappa shape index (κ1) is 18.4. The monoisotopic (exact) mass is 382 g/mol. The average molecular weight is 383 g/mol. The number of rotatable bonds is 6. The Morgan fingerprint density at radius 3 is 2.48 bits per heavy atom. The predicted octanol–water partition coefficient (Wildman–Crippen LogP) is 4.32. The second-order valence-electron chi connectivity index (χ2n) is 5.38. The largest absolute Gasteiger partial charge is 0.456 e. The van der Waals surface area contributed by atoms with E-state index in [-0.39, 0.29) is 10.7 Å². The van der Waals surface area contributed by atoms with Crippen molar-refractivity contribution in [1.29, 1.82) is 0 Å². The quantitative estimate of drug-likeness (QED) is 0.507. The number of ether oxygens (including phenoxy) is 2. The summed E-state index contributed by atoms with van der Waals surface area (Å²) < 4.78 is 10.8. The van der Waals surface area contributed by atoms with E-state index in [0.717, 1.165) is 0 Å². The van der Waals surface area contributed by atoms with Gasteiger partial charge in [0.2, 0.25) is 0 Å². The van der Waals surface area contributed by atoms with Crippen molar-refractivity contribution in [2.75, 3.05) is 11.9 Å². The van der Waals surface area contributed by atoms with Gasteiger partial charge in [-0.25, -0.2) is 9.78 Å². The number of benzene rings is 2. The predicted molar refractivity (Wildman–Crippen MR) is 101 cm³/mol. The minimum Gasteiger partial charge on any atom is -0.456 e. The molecule has 0 bridgehead atoms. The van der Waals surface area contributed by atoms with Crippen molar-refractivity contribution in [3.8, 4) is 11.5 Å². The number of hydrogen-bond donors (Lipinski definition) is 1. The van der Waals surface area contributed by atoms with Gasteiger partial charge in [0.05, 0.1) is 5.69 Å². The van der Waals surface area contributed by atoms with Gasteiger partial charge in [0.15, 0.2) is 11.8 Å². The molecule has 3 rings (SSSR count). The molecule has 2 aromatic carbocycles. The maximum atomic E-state index is 12.4. The van der Waals surface area contributed by atoms with Crippen molar-refractivity contribution in [1.82, 2.24) is 4.98 Å². The third kappa shape index (κ3) is 5.05. The van der Waals surface area contributed by atoms with Gasteiger partial charge in [-0.15, -0.1) is 0 Å². The lowest BCUT2D eigenvalue weighted by Crippen LogP contribution is -2.21. The molecular weight excluding hydrogens is 368 g/mol. The van der Waals surface area contributed by atoms with Gasteiger partial charge in [0.1, 0.15) is 17.1 Å². The number of para-hydroxylation sites is 2. The van der Waals surface area contributed by atoms with E-state index < -0.39 is 18.5 Å². The molecular formula is C20H15ClN2O4. The number of esters is 1. The fraction of sp³-hybridized carbons (Fsp3) is 0.0500. The molecule has 0 saturated carbocycles. The van der Waals surface area contributed by atoms with Crippen LogP contribution in [0.2, 0.25) is 5.15 Å². The Bertz CT molecular complexity index is 947. The molecule has 1 N–H and O–H groups in total. The summed E-state index contributed by atoms with van der Waals surface area (Å²) in [7, 11) is 0. The normalized spacial score (nSPS) is 10.1. The highest BCUT2D eigenvalue weighted by atomic mass is 35.5. The lowest BCUT2D eigenvalue weighted by molar-refractivity contribution is -0.119. The smallest absolute Gasteiger partial charge is 0.342 e. The Morgan fingerprint density at radius 2 is 1.70 bits per heavy atom. The van der Waals surface area contributed by atoms with Crippen molar-refractivity contribution in [3.63, 3.8) is 0 Å². The molecule has 1 aromatic heterocycles. The minimum absolute atomic E-state index is 0.152. The van der Waals surface area contributed by atoms with E-state index in [1.165, 1.54) is 6.20 Å². The van der Waals surface area contributed by atoms with Crippen molar-refractivity contribution in [2.45, 2.75) is 0 Å². The maximum absolute atomic E-state index is 12.4. The van der Waals surface area contributed by atoms with Crippen molar-refractivity contribution >= 4 is 29.2 Å². The van der Waals surface area contributed by atoms with Crippen molar-refractivity contribution in [3.05, 3.63) is 83.6 Å². The molecule has 0 atom stereocenters. The summed E-state index contributed by atoms with van der Waals surface area (Å²) in [6.45, 7) is -0.469. The fourth-order valence-corrected chi connectivity index (χ4v) is 2.38. The lowest BCUT2D eigenvalue weighted by atomic mass is 10.2. The summed E-state index contributed by atoms with van der Waals surface area (Å²) in [5, 5.41) is 2.68. The van der Waals surface area contributed by atoms with Crippen LogP contribution in [0.1, 0.15) is 10.4 Å². The van der Waals surface area contributed by atoms with Crippen LogP contribution in [-0.4, -0.2) is 23.5 Å². The molecule has 0 saturated heterocycles. The van der Waals surface area contributed by atoms with Crippen molar-refractivity contribution < 1.29 is 19.1 Å². The van der Waals surface area contributed by atoms with Gasteiger partial charge in [0.25, 0.3) is 5.91 Å². The van der Waals surface area contributed by atoms with Crippen LogP contribution in [0.3, 0.4) is 0 Å². The Hall–Kier alpha value is -3.38. The number of carbonyl (C=O) groups is 2. The van der Waals surface area contributed by atoms with Gasteiger partial charge < -0.3 is 14.8 Å². The molecule has 0 fully saturated rings. The van der Waals surface area contributed by atoms with E-state index in [0.29, 0.717) is 17.2 Å². The van der Waals surface area contributed by atoms with Crippen LogP contribution >= 0.6 is 11.6 Å². The van der Waals surface area contributed by atoms with Crippen LogP contribution in [-0.2, 0) is 9.53 Å². The van der Waals surface area contributed by atoms with Crippen LogP contribution < -0.4 is 10.1 Å². The summed E-state index contributed by atoms with van der Waals surface area (Å²) in [5.74, 6) is -0.278. The number of pyridine rings is 1. The van der Waals surface area contributed by atoms with Gasteiger partial charge in [-0.1, -0.05) is 41.9 Å². The number of anilines is 1. The van der Waals surface area contributed by atoms with Gasteiger partial charge in [-0.05, 0) is 36.4 Å². The number of halogens is 1. The van der Waals surface area contributed by atoms with Crippen LogP contribution in [0.15, 0.2) is 72.9 Å². The molecule has 1 amide bonds. The van der Waals surface area contributed by atoms with E-state index in [1.54, 1.807) is 48.5 Å². The molecule has 7 heteroatoms. The third-order valence-corrected chi connectivity index (χ3v) is 3.75. The molecule has 3 aromatic rings. The number of nitrogens with one attached hydrogen (secondary N) is 1. The highest BCUT2D eigenvalue weighted by Crippen LogP contribution is 2.25. The molecule has 0 spiro atoms. The van der Waals surface area contributed by atoms with Gasteiger partial charge in [0, 0.05) is 6.20 Å². The van der Waals surface area contributed by atoms with E-state index in [4.69, 9.17) is 21.1 Å². The van der Waals surface area contributed by atoms with Gasteiger partial charge in [-0.2, -0.15) is 0 Å². The van der Waals surface area contributed by atoms with Crippen LogP contribution in [0, 0.1) is 0 Å². The molecule has 1 heterocycles. The van der Waals surface area contributed by atoms with Gasteiger partial charge in [-0.3, -0.25) is 4.79 Å². The summed E-state index contributed by atoms with van der Waals surface area (Å²) in [5.41, 5.74) is 0.557. The summed E-state index contributed by atoms with van der Waals surface area (Å²) in [6.07, 6.45) is 1.50. The van der Waals surface area contributed by atoms with Crippen molar-refractivity contribution in [2.24, 2.45) is 0 Å². The molecule has 0 radical (unpaired) electrons. The number of aromatic nitrogens is 1. The van der Waals surface area contributed by atoms with Crippen LogP contribution in [0.25, 0.3) is 0 Å². The molecule has 0 unspecified atom stereocenters.